The number of nitrogens with zero attached hydrogens (tertiary/aromatic N) is 3. The predicted molar refractivity (Wildman–Crippen MR) is 78.2 cm³/mol. The molecule has 1 unspecified atom stereocenters. The Morgan fingerprint density at radius 3 is 2.53 bits per heavy atom. The van der Waals surface area contributed by atoms with Gasteiger partial charge >= 0.3 is 0 Å². The fourth-order valence-corrected chi connectivity index (χ4v) is 1.33. The van der Waals surface area contributed by atoms with E-state index in [1.807, 2.05) is 32.8 Å². The predicted octanol–water partition coefficient (Wildman–Crippen LogP) is 0.702. The first-order chi connectivity index (χ1) is 8.50. The molecule has 1 aromatic rings. The van der Waals surface area contributed by atoms with E-state index in [1.165, 1.54) is 0 Å². The molecule has 0 spiro atoms. The molecule has 0 bridgehead atoms. The van der Waals surface area contributed by atoms with Crippen molar-refractivity contribution >= 4 is 18.2 Å². The summed E-state index contributed by atoms with van der Waals surface area (Å²) in [5, 5.41) is 12.9. The lowest BCUT2D eigenvalue weighted by Gasteiger charge is -2.17. The zero-order chi connectivity index (χ0) is 13.5. The monoisotopic (exact) mass is 290 g/mol. The normalized spacial score (nSPS) is 11.9. The van der Waals surface area contributed by atoms with Crippen LogP contribution in [0.1, 0.15) is 13.8 Å². The maximum atomic E-state index is 9.74. The number of hydrogen-bond donors (Lipinski definition) is 2. The first-order valence-electron chi connectivity index (χ1n) is 6.03. The van der Waals surface area contributed by atoms with Crippen LogP contribution in [0.5, 0.6) is 5.88 Å². The zero-order valence-corrected chi connectivity index (χ0v) is 12.6. The van der Waals surface area contributed by atoms with Crippen LogP contribution in [-0.2, 0) is 0 Å². The minimum absolute atomic E-state index is 0. The van der Waals surface area contributed by atoms with Crippen LogP contribution in [0.4, 0.5) is 5.82 Å². The molecule has 0 aromatic carbocycles. The van der Waals surface area contributed by atoms with Crippen molar-refractivity contribution in [2.24, 2.45) is 0 Å². The second-order valence-electron chi connectivity index (χ2n) is 4.61. The first-order valence-corrected chi connectivity index (χ1v) is 6.03. The highest BCUT2D eigenvalue weighted by Gasteiger charge is 2.11. The van der Waals surface area contributed by atoms with Crippen LogP contribution in [-0.4, -0.2) is 54.5 Å². The SMILES string of the molecule is CC(C)NCC(O)COc1nccnc1N(C)C.Cl. The molecule has 0 fully saturated rings. The van der Waals surface area contributed by atoms with Crippen LogP contribution >= 0.6 is 12.4 Å². The molecule has 1 heterocycles. The fourth-order valence-electron chi connectivity index (χ4n) is 1.33. The third-order valence-electron chi connectivity index (χ3n) is 2.24. The van der Waals surface area contributed by atoms with Gasteiger partial charge in [-0.25, -0.2) is 9.97 Å². The summed E-state index contributed by atoms with van der Waals surface area (Å²) < 4.78 is 5.49. The van der Waals surface area contributed by atoms with Crippen molar-refractivity contribution in [2.75, 3.05) is 32.1 Å². The van der Waals surface area contributed by atoms with Gasteiger partial charge < -0.3 is 20.1 Å². The highest BCUT2D eigenvalue weighted by atomic mass is 35.5. The quantitative estimate of drug-likeness (QED) is 0.770. The summed E-state index contributed by atoms with van der Waals surface area (Å²) in [5.41, 5.74) is 0. The lowest BCUT2D eigenvalue weighted by molar-refractivity contribution is 0.102. The molecule has 0 saturated carbocycles. The summed E-state index contributed by atoms with van der Waals surface area (Å²) in [4.78, 5) is 10.1. The van der Waals surface area contributed by atoms with Crippen molar-refractivity contribution in [3.8, 4) is 5.88 Å². The van der Waals surface area contributed by atoms with Gasteiger partial charge in [-0.3, -0.25) is 0 Å². The number of aliphatic hydroxyl groups excluding tert-OH is 1. The Bertz CT molecular complexity index is 363. The summed E-state index contributed by atoms with van der Waals surface area (Å²) >= 11 is 0. The highest BCUT2D eigenvalue weighted by Crippen LogP contribution is 2.19. The molecule has 1 rings (SSSR count). The summed E-state index contributed by atoms with van der Waals surface area (Å²) in [7, 11) is 3.74. The van der Waals surface area contributed by atoms with Crippen LogP contribution in [0.2, 0.25) is 0 Å². The van der Waals surface area contributed by atoms with E-state index < -0.39 is 6.10 Å². The second kappa shape index (κ2) is 8.90. The van der Waals surface area contributed by atoms with Gasteiger partial charge in [0.05, 0.1) is 0 Å². The molecule has 0 aliphatic carbocycles. The van der Waals surface area contributed by atoms with Crippen molar-refractivity contribution in [2.45, 2.75) is 26.0 Å². The molecule has 19 heavy (non-hydrogen) atoms. The first kappa shape index (κ1) is 17.9. The van der Waals surface area contributed by atoms with E-state index in [1.54, 1.807) is 12.4 Å². The Kier molecular flexibility index (Phi) is 8.38. The third-order valence-corrected chi connectivity index (χ3v) is 2.24. The highest BCUT2D eigenvalue weighted by molar-refractivity contribution is 5.85. The van der Waals surface area contributed by atoms with Crippen molar-refractivity contribution in [1.29, 1.82) is 0 Å². The molecule has 1 aromatic heterocycles. The lowest BCUT2D eigenvalue weighted by Crippen LogP contribution is -2.35. The van der Waals surface area contributed by atoms with Gasteiger partial charge in [-0.2, -0.15) is 0 Å². The summed E-state index contributed by atoms with van der Waals surface area (Å²) in [6, 6.07) is 0.341. The van der Waals surface area contributed by atoms with Gasteiger partial charge in [-0.15, -0.1) is 12.4 Å². The Labute approximate surface area is 120 Å². The molecule has 7 heteroatoms. The van der Waals surface area contributed by atoms with Crippen LogP contribution in [0, 0.1) is 0 Å². The Balaban J connectivity index is 0.00000324. The minimum Gasteiger partial charge on any atom is -0.472 e. The zero-order valence-electron chi connectivity index (χ0n) is 11.8. The summed E-state index contributed by atoms with van der Waals surface area (Å²) in [6.45, 7) is 4.75. The Morgan fingerprint density at radius 1 is 1.32 bits per heavy atom. The number of nitrogens with one attached hydrogen (secondary N) is 1. The molecule has 6 nitrogen and oxygen atoms in total. The van der Waals surface area contributed by atoms with E-state index in [2.05, 4.69) is 15.3 Å². The van der Waals surface area contributed by atoms with E-state index in [0.717, 1.165) is 0 Å². The number of halogens is 1. The van der Waals surface area contributed by atoms with Crippen molar-refractivity contribution < 1.29 is 9.84 Å². The number of aromatic nitrogens is 2. The molecule has 1 atom stereocenters. The van der Waals surface area contributed by atoms with Crippen LogP contribution in [0.3, 0.4) is 0 Å². The Hall–Kier alpha value is -1.11. The number of ether oxygens (including phenoxy) is 1. The van der Waals surface area contributed by atoms with Gasteiger partial charge in [0.1, 0.15) is 12.7 Å². The van der Waals surface area contributed by atoms with Gasteiger partial charge in [0.25, 0.3) is 5.88 Å². The average Bonchev–Trinajstić information content (AvgIpc) is 2.34. The standard InChI is InChI=1S/C12H22N4O2.ClH/c1-9(2)15-7-10(17)8-18-12-11(16(3)4)13-5-6-14-12;/h5-6,9-10,15,17H,7-8H2,1-4H3;1H. The molecule has 0 radical (unpaired) electrons. The lowest BCUT2D eigenvalue weighted by atomic mass is 10.3. The van der Waals surface area contributed by atoms with E-state index in [4.69, 9.17) is 4.74 Å². The molecular formula is C12H23ClN4O2. The minimum atomic E-state index is -0.565. The number of aliphatic hydroxyl groups is 1. The van der Waals surface area contributed by atoms with Crippen molar-refractivity contribution in [3.63, 3.8) is 0 Å². The van der Waals surface area contributed by atoms with Gasteiger partial charge in [-0.1, -0.05) is 13.8 Å². The largest absolute Gasteiger partial charge is 0.472 e. The maximum Gasteiger partial charge on any atom is 0.257 e. The second-order valence-corrected chi connectivity index (χ2v) is 4.61. The number of anilines is 1. The van der Waals surface area contributed by atoms with Gasteiger partial charge in [-0.05, 0) is 0 Å². The van der Waals surface area contributed by atoms with Gasteiger partial charge in [0.2, 0.25) is 0 Å². The van der Waals surface area contributed by atoms with Gasteiger partial charge in [0, 0.05) is 39.1 Å². The topological polar surface area (TPSA) is 70.5 Å². The van der Waals surface area contributed by atoms with E-state index >= 15 is 0 Å². The van der Waals surface area contributed by atoms with Crippen molar-refractivity contribution in [3.05, 3.63) is 12.4 Å². The molecular weight excluding hydrogens is 268 g/mol. The van der Waals surface area contributed by atoms with Crippen LogP contribution in [0.25, 0.3) is 0 Å². The third kappa shape index (κ3) is 6.56. The van der Waals surface area contributed by atoms with Gasteiger partial charge in [0.15, 0.2) is 5.82 Å². The molecule has 0 saturated heterocycles. The van der Waals surface area contributed by atoms with E-state index in [-0.39, 0.29) is 19.0 Å². The molecule has 0 aliphatic rings. The maximum absolute atomic E-state index is 9.74. The molecule has 0 amide bonds. The number of hydrogen-bond acceptors (Lipinski definition) is 6. The fraction of sp³-hybridized carbons (Fsp3) is 0.667. The summed E-state index contributed by atoms with van der Waals surface area (Å²) in [5.74, 6) is 1.09. The molecule has 0 aliphatic heterocycles. The Morgan fingerprint density at radius 2 is 1.95 bits per heavy atom. The smallest absolute Gasteiger partial charge is 0.257 e. The van der Waals surface area contributed by atoms with Crippen molar-refractivity contribution in [1.82, 2.24) is 15.3 Å². The van der Waals surface area contributed by atoms with Crippen LogP contribution < -0.4 is 15.0 Å². The van der Waals surface area contributed by atoms with E-state index in [9.17, 15) is 5.11 Å². The molecule has 110 valence electrons. The summed E-state index contributed by atoms with van der Waals surface area (Å²) in [6.07, 6.45) is 2.62. The average molecular weight is 291 g/mol. The van der Waals surface area contributed by atoms with Crippen LogP contribution in [0.15, 0.2) is 12.4 Å². The number of rotatable bonds is 7. The van der Waals surface area contributed by atoms with E-state index in [0.29, 0.717) is 24.3 Å². The molecule has 2 N–H and O–H groups in total.